The summed E-state index contributed by atoms with van der Waals surface area (Å²) in [6.45, 7) is 1.88. The van der Waals surface area contributed by atoms with Gasteiger partial charge in [0.2, 0.25) is 0 Å². The second kappa shape index (κ2) is 4.28. The monoisotopic (exact) mass is 246 g/mol. The van der Waals surface area contributed by atoms with Crippen molar-refractivity contribution in [3.05, 3.63) is 29.3 Å². The zero-order valence-corrected chi connectivity index (χ0v) is 10.5. The summed E-state index contributed by atoms with van der Waals surface area (Å²) in [6.07, 6.45) is 3.69. The fourth-order valence-electron chi connectivity index (χ4n) is 2.94. The average molecular weight is 246 g/mol. The SMILES string of the molecule is Cc1c(N)cccc1C(=O)NC1CC2CCC1O2. The molecule has 2 fully saturated rings. The summed E-state index contributed by atoms with van der Waals surface area (Å²) in [4.78, 5) is 12.2. The van der Waals surface area contributed by atoms with E-state index < -0.39 is 0 Å². The summed E-state index contributed by atoms with van der Waals surface area (Å²) in [5.74, 6) is -0.0408. The van der Waals surface area contributed by atoms with Crippen molar-refractivity contribution >= 4 is 11.6 Å². The van der Waals surface area contributed by atoms with Crippen molar-refractivity contribution in [2.75, 3.05) is 5.73 Å². The first-order valence-electron chi connectivity index (χ1n) is 6.46. The number of anilines is 1. The number of ether oxygens (including phenoxy) is 1. The van der Waals surface area contributed by atoms with E-state index in [9.17, 15) is 4.79 Å². The molecule has 1 aromatic rings. The molecule has 0 radical (unpaired) electrons. The van der Waals surface area contributed by atoms with Crippen molar-refractivity contribution in [1.82, 2.24) is 5.32 Å². The summed E-state index contributed by atoms with van der Waals surface area (Å²) in [7, 11) is 0. The first kappa shape index (κ1) is 11.5. The molecular weight excluding hydrogens is 228 g/mol. The Morgan fingerprint density at radius 3 is 2.94 bits per heavy atom. The Labute approximate surface area is 107 Å². The second-order valence-electron chi connectivity index (χ2n) is 5.21. The third kappa shape index (κ3) is 1.86. The fraction of sp³-hybridized carbons (Fsp3) is 0.500. The highest BCUT2D eigenvalue weighted by Crippen LogP contribution is 2.34. The molecule has 1 amide bonds. The standard InChI is InChI=1S/C14H18N2O2/c1-8-10(3-2-4-11(8)15)14(17)16-12-7-9-5-6-13(12)18-9/h2-4,9,12-13H,5-7,15H2,1H3,(H,16,17). The lowest BCUT2D eigenvalue weighted by atomic mass is 9.95. The summed E-state index contributed by atoms with van der Waals surface area (Å²) in [5, 5.41) is 3.08. The van der Waals surface area contributed by atoms with E-state index in [1.165, 1.54) is 0 Å². The Kier molecular flexibility index (Phi) is 2.74. The predicted molar refractivity (Wildman–Crippen MR) is 69.4 cm³/mol. The lowest BCUT2D eigenvalue weighted by Crippen LogP contribution is -2.41. The van der Waals surface area contributed by atoms with Gasteiger partial charge in [-0.15, -0.1) is 0 Å². The zero-order valence-electron chi connectivity index (χ0n) is 10.5. The number of benzene rings is 1. The molecule has 2 aliphatic heterocycles. The van der Waals surface area contributed by atoms with E-state index in [0.717, 1.165) is 24.8 Å². The molecule has 0 aliphatic carbocycles. The Hall–Kier alpha value is -1.55. The van der Waals surface area contributed by atoms with Crippen molar-refractivity contribution in [3.8, 4) is 0 Å². The molecule has 3 rings (SSSR count). The van der Waals surface area contributed by atoms with Crippen LogP contribution in [0.25, 0.3) is 0 Å². The molecule has 3 unspecified atom stereocenters. The van der Waals surface area contributed by atoms with E-state index in [4.69, 9.17) is 10.5 Å². The van der Waals surface area contributed by atoms with Crippen LogP contribution < -0.4 is 11.1 Å². The van der Waals surface area contributed by atoms with Gasteiger partial charge in [0.05, 0.1) is 18.2 Å². The van der Waals surface area contributed by atoms with E-state index in [1.807, 2.05) is 25.1 Å². The Bertz CT molecular complexity index is 487. The van der Waals surface area contributed by atoms with Gasteiger partial charge < -0.3 is 15.8 Å². The number of rotatable bonds is 2. The minimum Gasteiger partial charge on any atom is -0.398 e. The number of nitrogens with two attached hydrogens (primary N) is 1. The number of nitrogens with one attached hydrogen (secondary N) is 1. The minimum atomic E-state index is -0.0408. The number of hydrogen-bond acceptors (Lipinski definition) is 3. The Balaban J connectivity index is 1.73. The van der Waals surface area contributed by atoms with Crippen LogP contribution in [0.4, 0.5) is 5.69 Å². The highest BCUT2D eigenvalue weighted by atomic mass is 16.5. The molecule has 0 saturated carbocycles. The maximum atomic E-state index is 12.2. The molecule has 18 heavy (non-hydrogen) atoms. The second-order valence-corrected chi connectivity index (χ2v) is 5.21. The molecule has 2 aliphatic rings. The van der Waals surface area contributed by atoms with E-state index in [1.54, 1.807) is 0 Å². The number of hydrogen-bond donors (Lipinski definition) is 2. The van der Waals surface area contributed by atoms with Crippen molar-refractivity contribution in [3.63, 3.8) is 0 Å². The number of amides is 1. The Morgan fingerprint density at radius 2 is 2.28 bits per heavy atom. The molecule has 0 aromatic heterocycles. The summed E-state index contributed by atoms with van der Waals surface area (Å²) in [6, 6.07) is 5.60. The van der Waals surface area contributed by atoms with E-state index in [2.05, 4.69) is 5.32 Å². The molecule has 2 saturated heterocycles. The number of fused-ring (bicyclic) bond motifs is 2. The van der Waals surface area contributed by atoms with Crippen LogP contribution in [-0.2, 0) is 4.74 Å². The van der Waals surface area contributed by atoms with E-state index in [-0.39, 0.29) is 18.1 Å². The summed E-state index contributed by atoms with van der Waals surface area (Å²) < 4.78 is 5.74. The van der Waals surface area contributed by atoms with Gasteiger partial charge >= 0.3 is 0 Å². The molecule has 2 bridgehead atoms. The average Bonchev–Trinajstić information content (AvgIpc) is 2.94. The van der Waals surface area contributed by atoms with Gasteiger partial charge in [-0.1, -0.05) is 6.07 Å². The quantitative estimate of drug-likeness (QED) is 0.779. The molecule has 3 N–H and O–H groups in total. The number of nitrogen functional groups attached to an aromatic ring is 1. The van der Waals surface area contributed by atoms with Gasteiger partial charge in [-0.2, -0.15) is 0 Å². The van der Waals surface area contributed by atoms with E-state index >= 15 is 0 Å². The number of carbonyl (C=O) groups excluding carboxylic acids is 1. The van der Waals surface area contributed by atoms with Crippen LogP contribution in [0.1, 0.15) is 35.2 Å². The largest absolute Gasteiger partial charge is 0.398 e. The van der Waals surface area contributed by atoms with Crippen LogP contribution in [0.3, 0.4) is 0 Å². The van der Waals surface area contributed by atoms with Gasteiger partial charge in [0, 0.05) is 11.3 Å². The highest BCUT2D eigenvalue weighted by Gasteiger charge is 2.41. The van der Waals surface area contributed by atoms with Crippen LogP contribution in [-0.4, -0.2) is 24.2 Å². The van der Waals surface area contributed by atoms with Crippen LogP contribution in [0, 0.1) is 6.92 Å². The van der Waals surface area contributed by atoms with Crippen molar-refractivity contribution in [2.45, 2.75) is 44.4 Å². The highest BCUT2D eigenvalue weighted by molar-refractivity contribution is 5.97. The maximum absolute atomic E-state index is 12.2. The summed E-state index contributed by atoms with van der Waals surface area (Å²) >= 11 is 0. The van der Waals surface area contributed by atoms with Crippen molar-refractivity contribution < 1.29 is 9.53 Å². The lowest BCUT2D eigenvalue weighted by molar-refractivity contribution is 0.0840. The molecule has 2 heterocycles. The van der Waals surface area contributed by atoms with Gasteiger partial charge in [-0.05, 0) is 43.9 Å². The Morgan fingerprint density at radius 1 is 1.44 bits per heavy atom. The van der Waals surface area contributed by atoms with Gasteiger partial charge in [-0.25, -0.2) is 0 Å². The molecule has 4 nitrogen and oxygen atoms in total. The van der Waals surface area contributed by atoms with Crippen LogP contribution in [0.2, 0.25) is 0 Å². The van der Waals surface area contributed by atoms with Gasteiger partial charge in [0.25, 0.3) is 5.91 Å². The third-order valence-corrected chi connectivity index (χ3v) is 4.04. The molecule has 0 spiro atoms. The predicted octanol–water partition coefficient (Wildman–Crippen LogP) is 1.63. The van der Waals surface area contributed by atoms with Crippen LogP contribution >= 0.6 is 0 Å². The van der Waals surface area contributed by atoms with Crippen molar-refractivity contribution in [2.24, 2.45) is 0 Å². The first-order chi connectivity index (χ1) is 8.65. The summed E-state index contributed by atoms with van der Waals surface area (Å²) in [5.41, 5.74) is 7.99. The molecule has 1 aromatic carbocycles. The van der Waals surface area contributed by atoms with Crippen LogP contribution in [0.15, 0.2) is 18.2 Å². The topological polar surface area (TPSA) is 64.4 Å². The molecular formula is C14H18N2O2. The zero-order chi connectivity index (χ0) is 12.7. The normalized spacial score (nSPS) is 29.5. The third-order valence-electron chi connectivity index (χ3n) is 4.04. The van der Waals surface area contributed by atoms with E-state index in [0.29, 0.717) is 17.4 Å². The maximum Gasteiger partial charge on any atom is 0.251 e. The van der Waals surface area contributed by atoms with Gasteiger partial charge in [0.1, 0.15) is 0 Å². The molecule has 4 heteroatoms. The fourth-order valence-corrected chi connectivity index (χ4v) is 2.94. The molecule has 3 atom stereocenters. The minimum absolute atomic E-state index is 0.0408. The smallest absolute Gasteiger partial charge is 0.251 e. The number of carbonyl (C=O) groups is 1. The van der Waals surface area contributed by atoms with Gasteiger partial charge in [0.15, 0.2) is 0 Å². The van der Waals surface area contributed by atoms with Crippen molar-refractivity contribution in [1.29, 1.82) is 0 Å². The lowest BCUT2D eigenvalue weighted by Gasteiger charge is -2.20. The molecule has 96 valence electrons. The van der Waals surface area contributed by atoms with Crippen LogP contribution in [0.5, 0.6) is 0 Å². The van der Waals surface area contributed by atoms with Gasteiger partial charge in [-0.3, -0.25) is 4.79 Å². The first-order valence-corrected chi connectivity index (χ1v) is 6.46.